The maximum Gasteiger partial charge on any atom is 0.335 e. The van der Waals surface area contributed by atoms with Crippen molar-refractivity contribution >= 4 is 5.97 Å². The Morgan fingerprint density at radius 2 is 1.64 bits per heavy atom. The third-order valence-electron chi connectivity index (χ3n) is 3.79. The molecule has 0 amide bonds. The summed E-state index contributed by atoms with van der Waals surface area (Å²) in [5, 5.41) is 47.9. The van der Waals surface area contributed by atoms with Gasteiger partial charge in [-0.1, -0.05) is 0 Å². The van der Waals surface area contributed by atoms with Crippen molar-refractivity contribution in [3.63, 3.8) is 0 Å². The zero-order valence-electron chi connectivity index (χ0n) is 13.5. The zero-order chi connectivity index (χ0) is 18.7. The molecule has 0 saturated carbocycles. The Balaban J connectivity index is 2.36. The Hall–Kier alpha value is -2.11. The van der Waals surface area contributed by atoms with Crippen molar-refractivity contribution in [1.82, 2.24) is 0 Å². The van der Waals surface area contributed by atoms with Crippen LogP contribution in [0.1, 0.15) is 10.4 Å². The predicted octanol–water partition coefficient (Wildman–Crippen LogP) is -1.42. The van der Waals surface area contributed by atoms with E-state index in [1.807, 2.05) is 0 Å². The minimum absolute atomic E-state index is 0.00582. The van der Waals surface area contributed by atoms with Gasteiger partial charge in [0.2, 0.25) is 12.0 Å². The summed E-state index contributed by atoms with van der Waals surface area (Å²) >= 11 is 0. The van der Waals surface area contributed by atoms with Crippen LogP contribution < -0.4 is 14.2 Å². The lowest BCUT2D eigenvalue weighted by molar-refractivity contribution is -0.277. The molecule has 0 spiro atoms. The van der Waals surface area contributed by atoms with Gasteiger partial charge in [-0.3, -0.25) is 0 Å². The first-order valence-corrected chi connectivity index (χ1v) is 7.30. The van der Waals surface area contributed by atoms with Crippen LogP contribution in [0.2, 0.25) is 0 Å². The Bertz CT molecular complexity index is 591. The molecule has 0 aromatic heterocycles. The first kappa shape index (κ1) is 19.2. The second kappa shape index (κ2) is 7.85. The molecule has 25 heavy (non-hydrogen) atoms. The number of ether oxygens (including phenoxy) is 4. The van der Waals surface area contributed by atoms with E-state index in [1.54, 1.807) is 0 Å². The maximum atomic E-state index is 11.1. The van der Waals surface area contributed by atoms with Gasteiger partial charge in [0.25, 0.3) is 0 Å². The number of hydrogen-bond donors (Lipinski definition) is 5. The molecule has 140 valence electrons. The van der Waals surface area contributed by atoms with Gasteiger partial charge in [0.05, 0.1) is 26.4 Å². The van der Waals surface area contributed by atoms with Gasteiger partial charge in [-0.25, -0.2) is 4.79 Å². The molecule has 1 aromatic carbocycles. The van der Waals surface area contributed by atoms with Gasteiger partial charge in [-0.2, -0.15) is 0 Å². The maximum absolute atomic E-state index is 11.1. The molecule has 2 rings (SSSR count). The number of carboxylic acid groups (broad SMARTS) is 1. The highest BCUT2D eigenvalue weighted by Crippen LogP contribution is 2.40. The van der Waals surface area contributed by atoms with Gasteiger partial charge in [-0.05, 0) is 12.1 Å². The molecule has 1 saturated heterocycles. The molecule has 1 heterocycles. The Kier molecular flexibility index (Phi) is 6.03. The van der Waals surface area contributed by atoms with Crippen molar-refractivity contribution in [2.45, 2.75) is 30.7 Å². The van der Waals surface area contributed by atoms with Crippen LogP contribution >= 0.6 is 0 Å². The molecule has 0 radical (unpaired) electrons. The van der Waals surface area contributed by atoms with E-state index in [0.717, 1.165) is 0 Å². The van der Waals surface area contributed by atoms with Crippen LogP contribution in [0, 0.1) is 0 Å². The molecule has 1 aliphatic rings. The summed E-state index contributed by atoms with van der Waals surface area (Å²) in [4.78, 5) is 11.1. The quantitative estimate of drug-likeness (QED) is 0.408. The molecular weight excluding hydrogens is 340 g/mol. The van der Waals surface area contributed by atoms with Crippen LogP contribution in [0.4, 0.5) is 0 Å². The SMILES string of the molecule is COc1cc(C(=O)O)cc(OC)c1OC1OC(CO)C(O)C(O)C1O. The number of methoxy groups -OCH3 is 2. The molecule has 1 aromatic rings. The van der Waals surface area contributed by atoms with Crippen LogP contribution in [0.15, 0.2) is 12.1 Å². The predicted molar refractivity (Wildman–Crippen MR) is 80.9 cm³/mol. The summed E-state index contributed by atoms with van der Waals surface area (Å²) in [5.41, 5.74) is -0.116. The fraction of sp³-hybridized carbons (Fsp3) is 0.533. The topological polar surface area (TPSA) is 155 Å². The fourth-order valence-electron chi connectivity index (χ4n) is 2.40. The largest absolute Gasteiger partial charge is 0.493 e. The van der Waals surface area contributed by atoms with Gasteiger partial charge < -0.3 is 44.5 Å². The van der Waals surface area contributed by atoms with E-state index >= 15 is 0 Å². The number of aliphatic hydroxyl groups is 4. The highest BCUT2D eigenvalue weighted by atomic mass is 16.7. The third-order valence-corrected chi connectivity index (χ3v) is 3.79. The molecule has 10 heteroatoms. The van der Waals surface area contributed by atoms with E-state index in [1.165, 1.54) is 26.4 Å². The van der Waals surface area contributed by atoms with Gasteiger partial charge >= 0.3 is 5.97 Å². The van der Waals surface area contributed by atoms with Gasteiger partial charge in [0.1, 0.15) is 24.4 Å². The van der Waals surface area contributed by atoms with E-state index in [9.17, 15) is 25.2 Å². The molecule has 5 atom stereocenters. The standard InChI is InChI=1S/C15H20O10/c1-22-7-3-6(14(20)21)4-8(23-2)13(7)25-15-12(19)11(18)10(17)9(5-16)24-15/h3-4,9-12,15-19H,5H2,1-2H3,(H,20,21). The molecule has 10 nitrogen and oxygen atoms in total. The number of aliphatic hydroxyl groups excluding tert-OH is 4. The molecular formula is C15H20O10. The Labute approximate surface area is 142 Å². The van der Waals surface area contributed by atoms with Gasteiger partial charge in [-0.15, -0.1) is 0 Å². The van der Waals surface area contributed by atoms with E-state index in [4.69, 9.17) is 24.1 Å². The molecule has 5 N–H and O–H groups in total. The normalized spacial score (nSPS) is 29.1. The second-order valence-electron chi connectivity index (χ2n) is 5.33. The van der Waals surface area contributed by atoms with Crippen molar-refractivity contribution in [3.05, 3.63) is 17.7 Å². The third kappa shape index (κ3) is 3.78. The molecule has 1 aliphatic heterocycles. The summed E-state index contributed by atoms with van der Waals surface area (Å²) in [6.07, 6.45) is -7.40. The highest BCUT2D eigenvalue weighted by molar-refractivity contribution is 5.89. The van der Waals surface area contributed by atoms with Crippen molar-refractivity contribution < 1.29 is 49.3 Å². The smallest absolute Gasteiger partial charge is 0.335 e. The van der Waals surface area contributed by atoms with Crippen LogP contribution in [-0.2, 0) is 4.74 Å². The minimum atomic E-state index is -1.63. The van der Waals surface area contributed by atoms with Crippen molar-refractivity contribution in [2.75, 3.05) is 20.8 Å². The number of aromatic carboxylic acids is 1. The average Bonchev–Trinajstić information content (AvgIpc) is 2.61. The summed E-state index contributed by atoms with van der Waals surface area (Å²) in [6.45, 7) is -0.614. The van der Waals surface area contributed by atoms with E-state index in [-0.39, 0.29) is 22.8 Å². The molecule has 0 aliphatic carbocycles. The lowest BCUT2D eigenvalue weighted by Crippen LogP contribution is -2.60. The summed E-state index contributed by atoms with van der Waals surface area (Å²) in [6, 6.07) is 2.37. The number of rotatable bonds is 6. The van der Waals surface area contributed by atoms with Crippen LogP contribution in [0.5, 0.6) is 17.2 Å². The lowest BCUT2D eigenvalue weighted by Gasteiger charge is -2.39. The Morgan fingerprint density at radius 3 is 2.08 bits per heavy atom. The highest BCUT2D eigenvalue weighted by Gasteiger charge is 2.45. The van der Waals surface area contributed by atoms with E-state index in [2.05, 4.69) is 0 Å². The van der Waals surface area contributed by atoms with E-state index in [0.29, 0.717) is 0 Å². The first-order valence-electron chi connectivity index (χ1n) is 7.30. The summed E-state index contributed by atoms with van der Waals surface area (Å²) < 4.78 is 20.9. The Morgan fingerprint density at radius 1 is 1.08 bits per heavy atom. The van der Waals surface area contributed by atoms with Crippen LogP contribution in [0.3, 0.4) is 0 Å². The summed E-state index contributed by atoms with van der Waals surface area (Å²) in [5.74, 6) is -1.29. The van der Waals surface area contributed by atoms with E-state index < -0.39 is 43.3 Å². The second-order valence-corrected chi connectivity index (χ2v) is 5.33. The monoisotopic (exact) mass is 360 g/mol. The molecule has 1 fully saturated rings. The van der Waals surface area contributed by atoms with Gasteiger partial charge in [0, 0.05) is 0 Å². The number of carboxylic acids is 1. The summed E-state index contributed by atoms with van der Waals surface area (Å²) in [7, 11) is 2.56. The fourth-order valence-corrected chi connectivity index (χ4v) is 2.40. The minimum Gasteiger partial charge on any atom is -0.493 e. The zero-order valence-corrected chi connectivity index (χ0v) is 13.5. The molecule has 0 bridgehead atoms. The molecule has 5 unspecified atom stereocenters. The van der Waals surface area contributed by atoms with Crippen LogP contribution in [0.25, 0.3) is 0 Å². The van der Waals surface area contributed by atoms with Crippen LogP contribution in [-0.4, -0.2) is 83.0 Å². The van der Waals surface area contributed by atoms with Crippen molar-refractivity contribution in [1.29, 1.82) is 0 Å². The average molecular weight is 360 g/mol. The van der Waals surface area contributed by atoms with Crippen molar-refractivity contribution in [3.8, 4) is 17.2 Å². The number of carbonyl (C=O) groups is 1. The number of hydrogen-bond acceptors (Lipinski definition) is 9. The van der Waals surface area contributed by atoms with Crippen molar-refractivity contribution in [2.24, 2.45) is 0 Å². The van der Waals surface area contributed by atoms with Gasteiger partial charge in [0.15, 0.2) is 11.5 Å². The lowest BCUT2D eigenvalue weighted by atomic mass is 9.99. The number of benzene rings is 1. The first-order chi connectivity index (χ1) is 11.8.